The van der Waals surface area contributed by atoms with Gasteiger partial charge < -0.3 is 47.2 Å². The van der Waals surface area contributed by atoms with Gasteiger partial charge in [0.2, 0.25) is 17.7 Å². The van der Waals surface area contributed by atoms with Gasteiger partial charge in [-0.2, -0.15) is 0 Å². The van der Waals surface area contributed by atoms with Crippen LogP contribution < -0.4 is 21.7 Å². The molecule has 0 fully saturated rings. The van der Waals surface area contributed by atoms with Gasteiger partial charge in [-0.1, -0.05) is 48.5 Å². The third-order valence-electron chi connectivity index (χ3n) is 7.74. The Labute approximate surface area is 282 Å². The van der Waals surface area contributed by atoms with Gasteiger partial charge in [0, 0.05) is 19.3 Å². The molecule has 0 aliphatic heterocycles. The number of nitrogens with two attached hydrogens (primary N) is 1. The number of aromatic hydroxyl groups is 4. The van der Waals surface area contributed by atoms with Crippen molar-refractivity contribution in [3.05, 3.63) is 119 Å². The van der Waals surface area contributed by atoms with E-state index in [0.717, 1.165) is 0 Å². The fraction of sp³-hybridized carbons (Fsp3) is 0.222. The van der Waals surface area contributed by atoms with Crippen LogP contribution in [0, 0.1) is 0 Å². The van der Waals surface area contributed by atoms with Crippen LogP contribution in [-0.2, 0) is 44.9 Å². The maximum absolute atomic E-state index is 13.9. The number of carboxylic acid groups (broad SMARTS) is 1. The highest BCUT2D eigenvalue weighted by molar-refractivity contribution is 5.94. The number of phenolic OH excluding ortho intramolecular Hbond substituents is 4. The molecule has 0 heterocycles. The van der Waals surface area contributed by atoms with Gasteiger partial charge in [0.1, 0.15) is 41.1 Å². The second-order valence-electron chi connectivity index (χ2n) is 11.6. The van der Waals surface area contributed by atoms with E-state index in [0.29, 0.717) is 22.3 Å². The van der Waals surface area contributed by atoms with Gasteiger partial charge in [-0.15, -0.1) is 0 Å². The lowest BCUT2D eigenvalue weighted by atomic mass is 10.0. The Morgan fingerprint density at radius 2 is 0.714 bits per heavy atom. The lowest BCUT2D eigenvalue weighted by Crippen LogP contribution is -2.58. The standard InChI is InChI=1S/C36H38N4O9/c37-29(17-21-1-9-25(41)10-2-21)33(45)38-30(18-22-3-11-26(42)12-4-22)34(46)39-31(19-23-5-13-27(43)14-6-23)35(47)40-32(36(48)49)20-24-7-15-28(44)16-8-24/h1-16,29-32,41-44H,17-20,37H2,(H,38,45)(H,39,46)(H,40,47)(H,48,49)/t29-,30-,31-,32-/m0/s1. The quantitative estimate of drug-likeness (QED) is 0.0888. The van der Waals surface area contributed by atoms with E-state index in [9.17, 15) is 44.7 Å². The van der Waals surface area contributed by atoms with Crippen molar-refractivity contribution in [3.63, 3.8) is 0 Å². The van der Waals surface area contributed by atoms with Crippen molar-refractivity contribution in [2.24, 2.45) is 5.73 Å². The van der Waals surface area contributed by atoms with Crippen molar-refractivity contribution in [2.75, 3.05) is 0 Å². The summed E-state index contributed by atoms with van der Waals surface area (Å²) in [4.78, 5) is 52.9. The van der Waals surface area contributed by atoms with E-state index in [2.05, 4.69) is 16.0 Å². The zero-order valence-corrected chi connectivity index (χ0v) is 26.3. The largest absolute Gasteiger partial charge is 0.508 e. The van der Waals surface area contributed by atoms with Crippen molar-refractivity contribution in [2.45, 2.75) is 49.9 Å². The maximum Gasteiger partial charge on any atom is 0.326 e. The zero-order chi connectivity index (χ0) is 35.5. The molecule has 4 aromatic carbocycles. The lowest BCUT2D eigenvalue weighted by molar-refractivity contribution is -0.142. The Hall–Kier alpha value is -6.08. The van der Waals surface area contributed by atoms with Crippen molar-refractivity contribution >= 4 is 23.7 Å². The van der Waals surface area contributed by atoms with Crippen LogP contribution in [-0.4, -0.2) is 73.4 Å². The lowest BCUT2D eigenvalue weighted by Gasteiger charge is -2.25. The summed E-state index contributed by atoms with van der Waals surface area (Å²) in [5.41, 5.74) is 8.49. The third kappa shape index (κ3) is 11.0. The topological polar surface area (TPSA) is 232 Å². The second kappa shape index (κ2) is 16.7. The molecule has 3 amide bonds. The molecule has 10 N–H and O–H groups in total. The fourth-order valence-corrected chi connectivity index (χ4v) is 5.02. The minimum Gasteiger partial charge on any atom is -0.508 e. The van der Waals surface area contributed by atoms with Crippen molar-refractivity contribution < 1.29 is 44.7 Å². The number of amides is 3. The average molecular weight is 671 g/mol. The summed E-state index contributed by atoms with van der Waals surface area (Å²) >= 11 is 0. The first-order chi connectivity index (χ1) is 23.4. The molecule has 13 nitrogen and oxygen atoms in total. The predicted octanol–water partition coefficient (Wildman–Crippen LogP) is 1.65. The van der Waals surface area contributed by atoms with Gasteiger partial charge in [0.05, 0.1) is 6.04 Å². The molecular formula is C36H38N4O9. The van der Waals surface area contributed by atoms with E-state index in [4.69, 9.17) is 5.73 Å². The first-order valence-electron chi connectivity index (χ1n) is 15.4. The smallest absolute Gasteiger partial charge is 0.326 e. The molecule has 49 heavy (non-hydrogen) atoms. The molecule has 4 aromatic rings. The van der Waals surface area contributed by atoms with Crippen LogP contribution in [0.5, 0.6) is 23.0 Å². The molecular weight excluding hydrogens is 632 g/mol. The molecule has 0 spiro atoms. The Morgan fingerprint density at radius 1 is 0.449 bits per heavy atom. The zero-order valence-electron chi connectivity index (χ0n) is 26.3. The fourth-order valence-electron chi connectivity index (χ4n) is 5.02. The molecule has 0 bridgehead atoms. The summed E-state index contributed by atoms with van der Waals surface area (Å²) in [6.07, 6.45) is -0.150. The average Bonchev–Trinajstić information content (AvgIpc) is 3.07. The Balaban J connectivity index is 1.56. The molecule has 0 aliphatic carbocycles. The molecule has 0 saturated carbocycles. The summed E-state index contributed by atoms with van der Waals surface area (Å²) in [6.45, 7) is 0. The van der Waals surface area contributed by atoms with Gasteiger partial charge in [0.15, 0.2) is 0 Å². The molecule has 256 valence electrons. The molecule has 0 unspecified atom stereocenters. The van der Waals surface area contributed by atoms with Crippen LogP contribution in [0.4, 0.5) is 0 Å². The van der Waals surface area contributed by atoms with Gasteiger partial charge in [-0.3, -0.25) is 14.4 Å². The third-order valence-corrected chi connectivity index (χ3v) is 7.74. The van der Waals surface area contributed by atoms with Gasteiger partial charge in [-0.25, -0.2) is 4.79 Å². The number of carboxylic acids is 1. The highest BCUT2D eigenvalue weighted by Crippen LogP contribution is 2.16. The highest BCUT2D eigenvalue weighted by atomic mass is 16.4. The number of nitrogens with one attached hydrogen (secondary N) is 3. The first kappa shape index (κ1) is 35.8. The van der Waals surface area contributed by atoms with Crippen LogP contribution in [0.25, 0.3) is 0 Å². The summed E-state index contributed by atoms with van der Waals surface area (Å²) in [6, 6.07) is 18.8. The Morgan fingerprint density at radius 3 is 1.04 bits per heavy atom. The number of carbonyl (C=O) groups excluding carboxylic acids is 3. The number of benzene rings is 4. The minimum atomic E-state index is -1.39. The summed E-state index contributed by atoms with van der Waals surface area (Å²) < 4.78 is 0. The second-order valence-corrected chi connectivity index (χ2v) is 11.6. The predicted molar refractivity (Wildman–Crippen MR) is 179 cm³/mol. The van der Waals surface area contributed by atoms with Gasteiger partial charge >= 0.3 is 5.97 Å². The number of aliphatic carboxylic acids is 1. The molecule has 0 aromatic heterocycles. The van der Waals surface area contributed by atoms with Crippen molar-refractivity contribution in [1.82, 2.24) is 16.0 Å². The van der Waals surface area contributed by atoms with Crippen molar-refractivity contribution in [1.29, 1.82) is 0 Å². The first-order valence-corrected chi connectivity index (χ1v) is 15.4. The maximum atomic E-state index is 13.9. The van der Waals surface area contributed by atoms with E-state index in [1.54, 1.807) is 36.4 Å². The summed E-state index contributed by atoms with van der Waals surface area (Å²) in [5.74, 6) is -3.54. The molecule has 0 aliphatic rings. The number of hydrogen-bond acceptors (Lipinski definition) is 9. The number of carbonyl (C=O) groups is 4. The Kier molecular flexibility index (Phi) is 12.2. The van der Waals surface area contributed by atoms with Gasteiger partial charge in [0.25, 0.3) is 0 Å². The minimum absolute atomic E-state index is 0.00405. The molecule has 13 heteroatoms. The van der Waals surface area contributed by atoms with E-state index in [1.807, 2.05) is 0 Å². The summed E-state index contributed by atoms with van der Waals surface area (Å²) in [7, 11) is 0. The van der Waals surface area contributed by atoms with Crippen molar-refractivity contribution in [3.8, 4) is 23.0 Å². The number of rotatable bonds is 15. The number of hydrogen-bond donors (Lipinski definition) is 9. The summed E-state index contributed by atoms with van der Waals surface area (Å²) in [5, 5.41) is 56.3. The van der Waals surface area contributed by atoms with E-state index in [-0.39, 0.29) is 48.7 Å². The SMILES string of the molecule is N[C@@H](Cc1ccc(O)cc1)C(=O)N[C@@H](Cc1ccc(O)cc1)C(=O)N[C@@H](Cc1ccc(O)cc1)C(=O)N[C@@H](Cc1ccc(O)cc1)C(=O)O. The normalized spacial score (nSPS) is 13.3. The van der Waals surface area contributed by atoms with Crippen LogP contribution in [0.3, 0.4) is 0 Å². The number of phenols is 4. The van der Waals surface area contributed by atoms with Crippen LogP contribution >= 0.6 is 0 Å². The molecule has 0 saturated heterocycles. The van der Waals surface area contributed by atoms with Crippen LogP contribution in [0.2, 0.25) is 0 Å². The molecule has 4 atom stereocenters. The van der Waals surface area contributed by atoms with Crippen LogP contribution in [0.15, 0.2) is 97.1 Å². The Bertz CT molecular complexity index is 1730. The van der Waals surface area contributed by atoms with E-state index in [1.165, 1.54) is 60.7 Å². The van der Waals surface area contributed by atoms with E-state index < -0.39 is 47.9 Å². The molecule has 4 rings (SSSR count). The van der Waals surface area contributed by atoms with E-state index >= 15 is 0 Å². The van der Waals surface area contributed by atoms with Gasteiger partial charge in [-0.05, 0) is 77.2 Å². The monoisotopic (exact) mass is 670 g/mol. The molecule has 0 radical (unpaired) electrons. The highest BCUT2D eigenvalue weighted by Gasteiger charge is 2.31. The van der Waals surface area contributed by atoms with Crippen LogP contribution in [0.1, 0.15) is 22.3 Å².